The number of hydrogen-bond donors (Lipinski definition) is 1. The third kappa shape index (κ3) is 3.48. The second kappa shape index (κ2) is 5.71. The minimum absolute atomic E-state index is 0.0152. The lowest BCUT2D eigenvalue weighted by Crippen LogP contribution is -2.39. The molecule has 0 saturated heterocycles. The van der Waals surface area contributed by atoms with Crippen molar-refractivity contribution in [1.29, 1.82) is 0 Å². The molecule has 2 rings (SSSR count). The van der Waals surface area contributed by atoms with Gasteiger partial charge in [-0.15, -0.1) is 0 Å². The van der Waals surface area contributed by atoms with Gasteiger partial charge in [0.2, 0.25) is 0 Å². The van der Waals surface area contributed by atoms with Crippen molar-refractivity contribution in [3.05, 3.63) is 30.3 Å². The first-order valence-electron chi connectivity index (χ1n) is 6.24. The van der Waals surface area contributed by atoms with Crippen LogP contribution in [0.15, 0.2) is 30.3 Å². The van der Waals surface area contributed by atoms with E-state index in [4.69, 9.17) is 4.74 Å². The number of carbonyl (C=O) groups is 1. The summed E-state index contributed by atoms with van der Waals surface area (Å²) in [6.07, 6.45) is 4.38. The van der Waals surface area contributed by atoms with E-state index in [0.29, 0.717) is 0 Å². The third-order valence-electron chi connectivity index (χ3n) is 3.15. The quantitative estimate of drug-likeness (QED) is 0.816. The summed E-state index contributed by atoms with van der Waals surface area (Å²) in [4.78, 5) is 11.1. The fourth-order valence-corrected chi connectivity index (χ4v) is 2.36. The zero-order chi connectivity index (χ0) is 12.1. The number of esters is 1. The molecule has 92 valence electrons. The molecule has 0 spiro atoms. The van der Waals surface area contributed by atoms with Crippen LogP contribution < -0.4 is 5.32 Å². The average Bonchev–Trinajstić information content (AvgIpc) is 2.32. The highest BCUT2D eigenvalue weighted by Gasteiger charge is 2.27. The van der Waals surface area contributed by atoms with E-state index in [1.54, 1.807) is 0 Å². The first-order valence-corrected chi connectivity index (χ1v) is 6.24. The molecular formula is C14H19NO2. The zero-order valence-corrected chi connectivity index (χ0v) is 10.2. The van der Waals surface area contributed by atoms with Crippen molar-refractivity contribution in [2.45, 2.75) is 44.8 Å². The monoisotopic (exact) mass is 233 g/mol. The van der Waals surface area contributed by atoms with Crippen molar-refractivity contribution >= 4 is 11.7 Å². The summed E-state index contributed by atoms with van der Waals surface area (Å²) in [5.74, 6) is -0.184. The van der Waals surface area contributed by atoms with Crippen LogP contribution in [-0.2, 0) is 9.53 Å². The zero-order valence-electron chi connectivity index (χ0n) is 10.2. The fourth-order valence-electron chi connectivity index (χ4n) is 2.36. The topological polar surface area (TPSA) is 38.3 Å². The second-order valence-corrected chi connectivity index (χ2v) is 4.55. The molecule has 1 fully saturated rings. The number of hydrogen-bond acceptors (Lipinski definition) is 3. The van der Waals surface area contributed by atoms with Gasteiger partial charge in [-0.1, -0.05) is 24.6 Å². The van der Waals surface area contributed by atoms with Crippen LogP contribution in [0, 0.1) is 0 Å². The lowest BCUT2D eigenvalue weighted by molar-refractivity contribution is -0.148. The van der Waals surface area contributed by atoms with Gasteiger partial charge in [0.05, 0.1) is 6.04 Å². The van der Waals surface area contributed by atoms with Gasteiger partial charge in [0.15, 0.2) is 0 Å². The maximum Gasteiger partial charge on any atom is 0.302 e. The smallest absolute Gasteiger partial charge is 0.302 e. The summed E-state index contributed by atoms with van der Waals surface area (Å²) < 4.78 is 5.37. The molecule has 17 heavy (non-hydrogen) atoms. The molecule has 2 atom stereocenters. The SMILES string of the molecule is CC(=O)O[C@H]1CCCC[C@@H]1Nc1ccccc1. The Hall–Kier alpha value is -1.51. The van der Waals surface area contributed by atoms with Crippen LogP contribution in [0.4, 0.5) is 5.69 Å². The molecule has 3 nitrogen and oxygen atoms in total. The summed E-state index contributed by atoms with van der Waals surface area (Å²) >= 11 is 0. The predicted molar refractivity (Wildman–Crippen MR) is 67.9 cm³/mol. The van der Waals surface area contributed by atoms with E-state index in [2.05, 4.69) is 5.32 Å². The van der Waals surface area contributed by atoms with Crippen molar-refractivity contribution in [3.63, 3.8) is 0 Å². The van der Waals surface area contributed by atoms with E-state index < -0.39 is 0 Å². The Morgan fingerprint density at radius 1 is 1.24 bits per heavy atom. The normalized spacial score (nSPS) is 24.1. The number of carbonyl (C=O) groups excluding carboxylic acids is 1. The van der Waals surface area contributed by atoms with E-state index in [-0.39, 0.29) is 18.1 Å². The second-order valence-electron chi connectivity index (χ2n) is 4.55. The molecule has 0 unspecified atom stereocenters. The van der Waals surface area contributed by atoms with Crippen LogP contribution in [-0.4, -0.2) is 18.1 Å². The number of benzene rings is 1. The molecule has 0 bridgehead atoms. The molecule has 0 amide bonds. The lowest BCUT2D eigenvalue weighted by Gasteiger charge is -2.32. The van der Waals surface area contributed by atoms with Gasteiger partial charge >= 0.3 is 5.97 Å². The largest absolute Gasteiger partial charge is 0.460 e. The van der Waals surface area contributed by atoms with Gasteiger partial charge < -0.3 is 10.1 Å². The summed E-state index contributed by atoms with van der Waals surface area (Å²) in [5.41, 5.74) is 1.09. The fraction of sp³-hybridized carbons (Fsp3) is 0.500. The van der Waals surface area contributed by atoms with Crippen LogP contribution in [0.2, 0.25) is 0 Å². The molecule has 0 heterocycles. The summed E-state index contributed by atoms with van der Waals surface area (Å²) in [7, 11) is 0. The van der Waals surface area contributed by atoms with Gasteiger partial charge in [0.25, 0.3) is 0 Å². The Morgan fingerprint density at radius 2 is 1.94 bits per heavy atom. The first-order chi connectivity index (χ1) is 8.25. The van der Waals surface area contributed by atoms with Crippen LogP contribution >= 0.6 is 0 Å². The minimum Gasteiger partial charge on any atom is -0.460 e. The van der Waals surface area contributed by atoms with Crippen LogP contribution in [0.3, 0.4) is 0 Å². The molecule has 0 radical (unpaired) electrons. The highest BCUT2D eigenvalue weighted by atomic mass is 16.5. The molecule has 1 aliphatic carbocycles. The maximum atomic E-state index is 11.1. The van der Waals surface area contributed by atoms with Crippen LogP contribution in [0.1, 0.15) is 32.6 Å². The summed E-state index contributed by atoms with van der Waals surface area (Å²) in [5, 5.41) is 3.46. The number of ether oxygens (including phenoxy) is 1. The number of rotatable bonds is 3. The molecule has 0 aliphatic heterocycles. The average molecular weight is 233 g/mol. The van der Waals surface area contributed by atoms with Gasteiger partial charge in [-0.05, 0) is 31.4 Å². The Labute approximate surface area is 102 Å². The molecule has 1 saturated carbocycles. The lowest BCUT2D eigenvalue weighted by atomic mass is 9.92. The van der Waals surface area contributed by atoms with E-state index in [0.717, 1.165) is 24.9 Å². The molecular weight excluding hydrogens is 214 g/mol. The summed E-state index contributed by atoms with van der Waals surface area (Å²) in [6, 6.07) is 10.3. The van der Waals surface area contributed by atoms with Gasteiger partial charge in [-0.25, -0.2) is 0 Å². The van der Waals surface area contributed by atoms with Gasteiger partial charge in [-0.3, -0.25) is 4.79 Å². The van der Waals surface area contributed by atoms with Gasteiger partial charge in [0.1, 0.15) is 6.10 Å². The number of nitrogens with one attached hydrogen (secondary N) is 1. The molecule has 1 aromatic rings. The van der Waals surface area contributed by atoms with E-state index in [9.17, 15) is 4.79 Å². The molecule has 0 aromatic heterocycles. The van der Waals surface area contributed by atoms with E-state index in [1.165, 1.54) is 13.3 Å². The van der Waals surface area contributed by atoms with Crippen molar-refractivity contribution in [3.8, 4) is 0 Å². The first kappa shape index (κ1) is 12.0. The molecule has 1 N–H and O–H groups in total. The van der Waals surface area contributed by atoms with Crippen molar-refractivity contribution in [1.82, 2.24) is 0 Å². The number of anilines is 1. The Kier molecular flexibility index (Phi) is 4.02. The van der Waals surface area contributed by atoms with Crippen molar-refractivity contribution in [2.75, 3.05) is 5.32 Å². The Morgan fingerprint density at radius 3 is 2.65 bits per heavy atom. The Bertz CT molecular complexity index is 364. The molecule has 1 aromatic carbocycles. The van der Waals surface area contributed by atoms with Gasteiger partial charge in [0, 0.05) is 12.6 Å². The molecule has 1 aliphatic rings. The standard InChI is InChI=1S/C14H19NO2/c1-11(16)17-14-10-6-5-9-13(14)15-12-7-3-2-4-8-12/h2-4,7-8,13-15H,5-6,9-10H2,1H3/t13-,14-/m0/s1. The number of para-hydroxylation sites is 1. The van der Waals surface area contributed by atoms with Gasteiger partial charge in [-0.2, -0.15) is 0 Å². The Balaban J connectivity index is 1.99. The van der Waals surface area contributed by atoms with Crippen molar-refractivity contribution in [2.24, 2.45) is 0 Å². The predicted octanol–water partition coefficient (Wildman–Crippen LogP) is 2.97. The van der Waals surface area contributed by atoms with Crippen LogP contribution in [0.25, 0.3) is 0 Å². The van der Waals surface area contributed by atoms with Crippen molar-refractivity contribution < 1.29 is 9.53 Å². The van der Waals surface area contributed by atoms with E-state index >= 15 is 0 Å². The third-order valence-corrected chi connectivity index (χ3v) is 3.15. The highest BCUT2D eigenvalue weighted by Crippen LogP contribution is 2.24. The minimum atomic E-state index is -0.184. The van der Waals surface area contributed by atoms with Crippen LogP contribution in [0.5, 0.6) is 0 Å². The van der Waals surface area contributed by atoms with E-state index in [1.807, 2.05) is 30.3 Å². The maximum absolute atomic E-state index is 11.1. The summed E-state index contributed by atoms with van der Waals surface area (Å²) in [6.45, 7) is 1.48. The highest BCUT2D eigenvalue weighted by molar-refractivity contribution is 5.66. The molecule has 3 heteroatoms.